The summed E-state index contributed by atoms with van der Waals surface area (Å²) in [7, 11) is 0. The molecule has 0 aromatic carbocycles. The van der Waals surface area contributed by atoms with E-state index in [9.17, 15) is 4.79 Å². The Bertz CT molecular complexity index is 354. The summed E-state index contributed by atoms with van der Waals surface area (Å²) in [4.78, 5) is 15.8. The molecular formula is C12H21N3O2. The first-order valence-corrected chi connectivity index (χ1v) is 5.96. The smallest absolute Gasteiger partial charge is 0.221 e. The number of nitrogens with one attached hydrogen (secondary N) is 2. The molecule has 1 amide bonds. The Morgan fingerprint density at radius 1 is 1.47 bits per heavy atom. The highest BCUT2D eigenvalue weighted by Gasteiger charge is 2.10. The van der Waals surface area contributed by atoms with E-state index in [0.29, 0.717) is 18.9 Å². The van der Waals surface area contributed by atoms with Crippen molar-refractivity contribution in [3.8, 4) is 0 Å². The van der Waals surface area contributed by atoms with Gasteiger partial charge in [0, 0.05) is 12.5 Å². The van der Waals surface area contributed by atoms with Crippen LogP contribution in [0, 0.1) is 13.8 Å². The number of amides is 1. The van der Waals surface area contributed by atoms with E-state index >= 15 is 0 Å². The first-order chi connectivity index (χ1) is 8.02. The number of oxazole rings is 1. The van der Waals surface area contributed by atoms with Crippen LogP contribution >= 0.6 is 0 Å². The lowest BCUT2D eigenvalue weighted by Crippen LogP contribution is -2.33. The maximum Gasteiger partial charge on any atom is 0.221 e. The zero-order chi connectivity index (χ0) is 12.8. The van der Waals surface area contributed by atoms with Crippen LogP contribution in [-0.2, 0) is 11.3 Å². The topological polar surface area (TPSA) is 67.2 Å². The van der Waals surface area contributed by atoms with Gasteiger partial charge in [-0.25, -0.2) is 4.98 Å². The molecule has 0 bridgehead atoms. The number of aromatic nitrogens is 1. The average Bonchev–Trinajstić information content (AvgIpc) is 2.56. The second kappa shape index (κ2) is 6.39. The maximum atomic E-state index is 11.6. The van der Waals surface area contributed by atoms with E-state index in [1.54, 1.807) is 0 Å². The Morgan fingerprint density at radius 2 is 2.18 bits per heavy atom. The fourth-order valence-corrected chi connectivity index (χ4v) is 1.56. The summed E-state index contributed by atoms with van der Waals surface area (Å²) in [6, 6.07) is 0.188. The number of carbonyl (C=O) groups is 1. The molecule has 0 saturated carbocycles. The third-order valence-electron chi connectivity index (χ3n) is 2.55. The summed E-state index contributed by atoms with van der Waals surface area (Å²) in [6.07, 6.45) is 0.465. The minimum atomic E-state index is 0.00644. The monoisotopic (exact) mass is 239 g/mol. The van der Waals surface area contributed by atoms with Crippen LogP contribution in [-0.4, -0.2) is 23.5 Å². The second-order valence-corrected chi connectivity index (χ2v) is 4.19. The molecule has 5 nitrogen and oxygen atoms in total. The van der Waals surface area contributed by atoms with Crippen molar-refractivity contribution in [2.24, 2.45) is 0 Å². The number of rotatable bonds is 6. The van der Waals surface area contributed by atoms with Crippen molar-refractivity contribution in [1.82, 2.24) is 15.6 Å². The molecule has 0 aliphatic rings. The lowest BCUT2D eigenvalue weighted by atomic mass is 10.2. The molecule has 1 atom stereocenters. The Hall–Kier alpha value is -1.36. The molecule has 1 heterocycles. The van der Waals surface area contributed by atoms with Crippen molar-refractivity contribution in [2.45, 2.75) is 46.7 Å². The molecule has 0 aliphatic heterocycles. The number of hydrogen-bond donors (Lipinski definition) is 2. The first kappa shape index (κ1) is 13.7. The van der Waals surface area contributed by atoms with Crippen LogP contribution in [0.15, 0.2) is 4.42 Å². The van der Waals surface area contributed by atoms with Gasteiger partial charge in [0.2, 0.25) is 11.8 Å². The highest BCUT2D eigenvalue weighted by Crippen LogP contribution is 2.07. The van der Waals surface area contributed by atoms with Crippen LogP contribution in [0.2, 0.25) is 0 Å². The SMILES string of the molecule is CCNC(C)CC(=O)NCc1nc(C)c(C)o1. The van der Waals surface area contributed by atoms with Crippen molar-refractivity contribution < 1.29 is 9.21 Å². The van der Waals surface area contributed by atoms with Crippen LogP contribution in [0.1, 0.15) is 37.6 Å². The average molecular weight is 239 g/mol. The summed E-state index contributed by atoms with van der Waals surface area (Å²) in [5.74, 6) is 1.37. The van der Waals surface area contributed by atoms with Gasteiger partial charge in [-0.1, -0.05) is 6.92 Å². The van der Waals surface area contributed by atoms with Gasteiger partial charge in [-0.3, -0.25) is 4.79 Å². The van der Waals surface area contributed by atoms with Gasteiger partial charge in [-0.15, -0.1) is 0 Å². The minimum absolute atomic E-state index is 0.00644. The molecule has 0 spiro atoms. The Labute approximate surface area is 102 Å². The van der Waals surface area contributed by atoms with Crippen LogP contribution in [0.4, 0.5) is 0 Å². The molecule has 0 saturated heterocycles. The Morgan fingerprint density at radius 3 is 2.71 bits per heavy atom. The molecule has 1 rings (SSSR count). The molecular weight excluding hydrogens is 218 g/mol. The third-order valence-corrected chi connectivity index (χ3v) is 2.55. The van der Waals surface area contributed by atoms with Crippen LogP contribution < -0.4 is 10.6 Å². The van der Waals surface area contributed by atoms with Gasteiger partial charge in [0.05, 0.1) is 12.2 Å². The maximum absolute atomic E-state index is 11.6. The second-order valence-electron chi connectivity index (χ2n) is 4.19. The van der Waals surface area contributed by atoms with E-state index in [4.69, 9.17) is 4.42 Å². The normalized spacial score (nSPS) is 12.5. The van der Waals surface area contributed by atoms with E-state index in [-0.39, 0.29) is 11.9 Å². The summed E-state index contributed by atoms with van der Waals surface area (Å²) in [5, 5.41) is 5.98. The van der Waals surface area contributed by atoms with E-state index < -0.39 is 0 Å². The van der Waals surface area contributed by atoms with Crippen molar-refractivity contribution >= 4 is 5.91 Å². The fraction of sp³-hybridized carbons (Fsp3) is 0.667. The lowest BCUT2D eigenvalue weighted by Gasteiger charge is -2.11. The molecule has 1 aromatic rings. The highest BCUT2D eigenvalue weighted by atomic mass is 16.4. The third kappa shape index (κ3) is 4.56. The van der Waals surface area contributed by atoms with Gasteiger partial charge in [0.25, 0.3) is 0 Å². The van der Waals surface area contributed by atoms with Crippen LogP contribution in [0.3, 0.4) is 0 Å². The quantitative estimate of drug-likeness (QED) is 0.785. The summed E-state index contributed by atoms with van der Waals surface area (Å²) in [5.41, 5.74) is 0.871. The molecule has 0 aliphatic carbocycles. The van der Waals surface area contributed by atoms with Crippen molar-refractivity contribution in [3.05, 3.63) is 17.3 Å². The predicted molar refractivity (Wildman–Crippen MR) is 65.6 cm³/mol. The summed E-state index contributed by atoms with van der Waals surface area (Å²) >= 11 is 0. The van der Waals surface area contributed by atoms with E-state index in [1.807, 2.05) is 27.7 Å². The standard InChI is InChI=1S/C12H21N3O2/c1-5-13-8(2)6-11(16)14-7-12-15-9(3)10(4)17-12/h8,13H,5-7H2,1-4H3,(H,14,16). The fourth-order valence-electron chi connectivity index (χ4n) is 1.56. The first-order valence-electron chi connectivity index (χ1n) is 5.96. The van der Waals surface area contributed by atoms with E-state index in [0.717, 1.165) is 18.0 Å². The van der Waals surface area contributed by atoms with E-state index in [2.05, 4.69) is 15.6 Å². The number of carbonyl (C=O) groups excluding carboxylic acids is 1. The molecule has 2 N–H and O–H groups in total. The van der Waals surface area contributed by atoms with Gasteiger partial charge in [-0.05, 0) is 27.3 Å². The Kier molecular flexibility index (Phi) is 5.15. The van der Waals surface area contributed by atoms with Gasteiger partial charge in [0.15, 0.2) is 0 Å². The Balaban J connectivity index is 2.33. The van der Waals surface area contributed by atoms with E-state index in [1.165, 1.54) is 0 Å². The zero-order valence-electron chi connectivity index (χ0n) is 11.0. The summed E-state index contributed by atoms with van der Waals surface area (Å²) < 4.78 is 5.38. The molecule has 1 aromatic heterocycles. The molecule has 0 radical (unpaired) electrons. The number of hydrogen-bond acceptors (Lipinski definition) is 4. The molecule has 1 unspecified atom stereocenters. The van der Waals surface area contributed by atoms with Gasteiger partial charge < -0.3 is 15.1 Å². The molecule has 96 valence electrons. The highest BCUT2D eigenvalue weighted by molar-refractivity contribution is 5.76. The van der Waals surface area contributed by atoms with Crippen LogP contribution in [0.5, 0.6) is 0 Å². The predicted octanol–water partition coefficient (Wildman–Crippen LogP) is 1.30. The van der Waals surface area contributed by atoms with Gasteiger partial charge in [0.1, 0.15) is 5.76 Å². The molecule has 5 heteroatoms. The lowest BCUT2D eigenvalue weighted by molar-refractivity contribution is -0.121. The molecule has 17 heavy (non-hydrogen) atoms. The summed E-state index contributed by atoms with van der Waals surface area (Å²) in [6.45, 7) is 8.98. The minimum Gasteiger partial charge on any atom is -0.444 e. The van der Waals surface area contributed by atoms with Crippen molar-refractivity contribution in [1.29, 1.82) is 0 Å². The zero-order valence-corrected chi connectivity index (χ0v) is 11.0. The van der Waals surface area contributed by atoms with Gasteiger partial charge in [-0.2, -0.15) is 0 Å². The number of nitrogens with zero attached hydrogens (tertiary/aromatic N) is 1. The number of aryl methyl sites for hydroxylation is 2. The molecule has 0 fully saturated rings. The van der Waals surface area contributed by atoms with Crippen molar-refractivity contribution in [2.75, 3.05) is 6.54 Å². The van der Waals surface area contributed by atoms with Crippen LogP contribution in [0.25, 0.3) is 0 Å². The van der Waals surface area contributed by atoms with Gasteiger partial charge >= 0.3 is 0 Å². The van der Waals surface area contributed by atoms with Crippen molar-refractivity contribution in [3.63, 3.8) is 0 Å². The largest absolute Gasteiger partial charge is 0.444 e.